The van der Waals surface area contributed by atoms with Crippen molar-refractivity contribution in [2.75, 3.05) is 0 Å². The Balaban J connectivity index is 2.43. The molecule has 0 aliphatic carbocycles. The number of non-ortho nitro benzene ring substituents is 1. The zero-order valence-corrected chi connectivity index (χ0v) is 8.72. The van der Waals surface area contributed by atoms with Crippen LogP contribution >= 0.6 is 0 Å². The van der Waals surface area contributed by atoms with Gasteiger partial charge in [-0.25, -0.2) is 0 Å². The van der Waals surface area contributed by atoms with Crippen LogP contribution in [0.5, 0.6) is 0 Å². The molecule has 0 atom stereocenters. The fraction of sp³-hybridized carbons (Fsp3) is 0.273. The van der Waals surface area contributed by atoms with Crippen LogP contribution in [0.25, 0.3) is 0 Å². The van der Waals surface area contributed by atoms with Gasteiger partial charge in [0.05, 0.1) is 4.92 Å². The van der Waals surface area contributed by atoms with Gasteiger partial charge in [0.2, 0.25) is 0 Å². The average molecular weight is 222 g/mol. The molecule has 16 heavy (non-hydrogen) atoms. The van der Waals surface area contributed by atoms with Gasteiger partial charge in [-0.05, 0) is 18.4 Å². The summed E-state index contributed by atoms with van der Waals surface area (Å²) in [7, 11) is 3.02. The van der Waals surface area contributed by atoms with E-state index in [9.17, 15) is 14.9 Å². The number of nitro benzene ring substituents is 1. The zero-order chi connectivity index (χ0) is 12.0. The van der Waals surface area contributed by atoms with E-state index in [0.29, 0.717) is 19.3 Å². The molecule has 0 aliphatic rings. The van der Waals surface area contributed by atoms with Crippen molar-refractivity contribution < 1.29 is 14.5 Å². The van der Waals surface area contributed by atoms with Crippen molar-refractivity contribution >= 4 is 11.7 Å². The molecule has 0 saturated heterocycles. The predicted octanol–water partition coefficient (Wildman–Crippen LogP) is 2.25. The maximum Gasteiger partial charge on any atom is 0.305 e. The second-order valence-corrected chi connectivity index (χ2v) is 3.29. The fourth-order valence-electron chi connectivity index (χ4n) is 1.29. The Hall–Kier alpha value is -1.91. The summed E-state index contributed by atoms with van der Waals surface area (Å²) in [6.07, 6.45) is 1.64. The Bertz CT molecular complexity index is 372. The number of rotatable bonds is 5. The van der Waals surface area contributed by atoms with E-state index in [0.717, 1.165) is 5.56 Å². The first kappa shape index (κ1) is 12.2. The van der Waals surface area contributed by atoms with Gasteiger partial charge in [0.25, 0.3) is 5.69 Å². The van der Waals surface area contributed by atoms with Gasteiger partial charge < -0.3 is 4.74 Å². The summed E-state index contributed by atoms with van der Waals surface area (Å²) in [5, 5.41) is 10.4. The van der Waals surface area contributed by atoms with Gasteiger partial charge >= 0.3 is 5.97 Å². The first-order valence-electron chi connectivity index (χ1n) is 4.81. The van der Waals surface area contributed by atoms with Crippen LogP contribution in [0.4, 0.5) is 5.69 Å². The van der Waals surface area contributed by atoms with Crippen molar-refractivity contribution in [1.29, 1.82) is 0 Å². The number of nitrogens with zero attached hydrogens (tertiary/aromatic N) is 1. The van der Waals surface area contributed by atoms with E-state index in [1.54, 1.807) is 12.1 Å². The van der Waals surface area contributed by atoms with E-state index in [1.165, 1.54) is 12.1 Å². The molecule has 0 N–H and O–H groups in total. The van der Waals surface area contributed by atoms with Crippen molar-refractivity contribution in [2.24, 2.45) is 0 Å². The minimum absolute atomic E-state index is 0.0703. The van der Waals surface area contributed by atoms with Crippen LogP contribution < -0.4 is 0 Å². The third-order valence-corrected chi connectivity index (χ3v) is 2.15. The Labute approximate surface area is 93.2 Å². The number of hydrogen-bond acceptors (Lipinski definition) is 4. The molecule has 0 unspecified atom stereocenters. The van der Waals surface area contributed by atoms with Gasteiger partial charge in [-0.15, -0.1) is 0 Å². The first-order chi connectivity index (χ1) is 7.63. The van der Waals surface area contributed by atoms with Crippen LogP contribution in [0, 0.1) is 17.2 Å². The average Bonchev–Trinajstić information content (AvgIpc) is 2.29. The van der Waals surface area contributed by atoms with E-state index in [2.05, 4.69) is 11.8 Å². The van der Waals surface area contributed by atoms with Gasteiger partial charge in [-0.1, -0.05) is 12.1 Å². The van der Waals surface area contributed by atoms with Crippen LogP contribution in [-0.4, -0.2) is 10.9 Å². The van der Waals surface area contributed by atoms with Crippen molar-refractivity contribution in [2.45, 2.75) is 19.3 Å². The number of esters is 1. The van der Waals surface area contributed by atoms with Crippen LogP contribution in [0.2, 0.25) is 0 Å². The second kappa shape index (κ2) is 5.85. The largest absolute Gasteiger partial charge is 0.462 e. The minimum atomic E-state index is -0.441. The number of aryl methyl sites for hydroxylation is 1. The van der Waals surface area contributed by atoms with Crippen molar-refractivity contribution in [3.63, 3.8) is 0 Å². The van der Waals surface area contributed by atoms with Gasteiger partial charge in [-0.3, -0.25) is 14.9 Å². The lowest BCUT2D eigenvalue weighted by Crippen LogP contribution is -1.99. The molecule has 5 nitrogen and oxygen atoms in total. The molecule has 0 heterocycles. The van der Waals surface area contributed by atoms with Crippen LogP contribution in [0.15, 0.2) is 24.3 Å². The molecule has 0 fully saturated rings. The zero-order valence-electron chi connectivity index (χ0n) is 8.72. The van der Waals surface area contributed by atoms with Crippen LogP contribution in [0.3, 0.4) is 0 Å². The van der Waals surface area contributed by atoms with E-state index in [-0.39, 0.29) is 11.7 Å². The monoisotopic (exact) mass is 222 g/mol. The predicted molar refractivity (Wildman–Crippen MR) is 57.5 cm³/mol. The molecule has 0 aliphatic heterocycles. The molecular formula is C11H12NO4. The normalized spacial score (nSPS) is 9.81. The molecule has 0 amide bonds. The number of nitro groups is 1. The fourth-order valence-corrected chi connectivity index (χ4v) is 1.29. The molecule has 1 radical (unpaired) electrons. The number of ether oxygens (including phenoxy) is 1. The topological polar surface area (TPSA) is 69.4 Å². The summed E-state index contributed by atoms with van der Waals surface area (Å²) in [5.74, 6) is -0.345. The maximum absolute atomic E-state index is 10.8. The van der Waals surface area contributed by atoms with E-state index >= 15 is 0 Å². The van der Waals surface area contributed by atoms with Crippen molar-refractivity contribution in [1.82, 2.24) is 0 Å². The number of benzene rings is 1. The molecule has 0 saturated carbocycles. The smallest absolute Gasteiger partial charge is 0.305 e. The lowest BCUT2D eigenvalue weighted by molar-refractivity contribution is -0.384. The van der Waals surface area contributed by atoms with Gasteiger partial charge in [0.1, 0.15) is 7.11 Å². The summed E-state index contributed by atoms with van der Waals surface area (Å²) in [5.41, 5.74) is 1.03. The Morgan fingerprint density at radius 3 is 2.50 bits per heavy atom. The third-order valence-electron chi connectivity index (χ3n) is 2.15. The molecule has 85 valence electrons. The molecule has 1 aromatic carbocycles. The number of hydrogen-bond donors (Lipinski definition) is 0. The summed E-state index contributed by atoms with van der Waals surface area (Å²) in [4.78, 5) is 20.7. The van der Waals surface area contributed by atoms with Crippen molar-refractivity contribution in [3.05, 3.63) is 47.1 Å². The van der Waals surface area contributed by atoms with Crippen LogP contribution in [-0.2, 0) is 16.0 Å². The highest BCUT2D eigenvalue weighted by molar-refractivity contribution is 5.69. The van der Waals surface area contributed by atoms with E-state index < -0.39 is 4.92 Å². The van der Waals surface area contributed by atoms with Crippen LogP contribution in [0.1, 0.15) is 18.4 Å². The standard InChI is InChI=1S/C11H12NO4/c1-16-11(13)4-2-3-9-5-7-10(8-6-9)12(14)15/h5-8H,1-4H2. The van der Waals surface area contributed by atoms with E-state index in [1.807, 2.05) is 0 Å². The molecule has 1 rings (SSSR count). The molecule has 5 heteroatoms. The lowest BCUT2D eigenvalue weighted by atomic mass is 10.1. The quantitative estimate of drug-likeness (QED) is 0.435. The first-order valence-corrected chi connectivity index (χ1v) is 4.81. The minimum Gasteiger partial charge on any atom is -0.462 e. The number of carbonyl (C=O) groups excluding carboxylic acids is 1. The van der Waals surface area contributed by atoms with Crippen molar-refractivity contribution in [3.8, 4) is 0 Å². The summed E-state index contributed by atoms with van der Waals surface area (Å²) in [6, 6.07) is 6.28. The summed E-state index contributed by atoms with van der Waals surface area (Å²) < 4.78 is 4.26. The maximum atomic E-state index is 10.8. The highest BCUT2D eigenvalue weighted by Crippen LogP contribution is 2.13. The Morgan fingerprint density at radius 2 is 2.00 bits per heavy atom. The third kappa shape index (κ3) is 3.68. The SMILES string of the molecule is [CH2]OC(=O)CCCc1ccc([N+](=O)[O-])cc1. The van der Waals surface area contributed by atoms with Gasteiger partial charge in [0.15, 0.2) is 0 Å². The second-order valence-electron chi connectivity index (χ2n) is 3.29. The Kier molecular flexibility index (Phi) is 4.44. The van der Waals surface area contributed by atoms with Gasteiger partial charge in [-0.2, -0.15) is 0 Å². The van der Waals surface area contributed by atoms with Gasteiger partial charge in [0, 0.05) is 18.6 Å². The van der Waals surface area contributed by atoms with E-state index in [4.69, 9.17) is 0 Å². The molecule has 0 spiro atoms. The summed E-state index contributed by atoms with van der Waals surface area (Å²) in [6.45, 7) is 0. The molecular weight excluding hydrogens is 210 g/mol. The Morgan fingerprint density at radius 1 is 1.38 bits per heavy atom. The number of carbonyl (C=O) groups is 1. The summed E-state index contributed by atoms with van der Waals surface area (Å²) >= 11 is 0. The molecule has 0 bridgehead atoms. The molecule has 0 aromatic heterocycles. The molecule has 1 aromatic rings. The lowest BCUT2D eigenvalue weighted by Gasteiger charge is -2.00. The highest BCUT2D eigenvalue weighted by Gasteiger charge is 2.04. The highest BCUT2D eigenvalue weighted by atomic mass is 16.6.